The molecule has 0 aliphatic carbocycles. The van der Waals surface area contributed by atoms with E-state index in [0.717, 1.165) is 5.56 Å². The summed E-state index contributed by atoms with van der Waals surface area (Å²) < 4.78 is 31.7. The minimum Gasteiger partial charge on any atom is -0.464 e. The number of nitrogens with one attached hydrogen (secondary N) is 2. The van der Waals surface area contributed by atoms with Gasteiger partial charge in [-0.25, -0.2) is 8.78 Å². The van der Waals surface area contributed by atoms with Crippen molar-refractivity contribution in [2.24, 2.45) is 0 Å². The first-order chi connectivity index (χ1) is 16.8. The molecular formula is C27H26F2N2O4. The molecule has 0 unspecified atom stereocenters. The quantitative estimate of drug-likeness (QED) is 0.435. The first-order valence-electron chi connectivity index (χ1n) is 11.1. The Kier molecular flexibility index (Phi) is 9.06. The molecule has 8 heteroatoms. The molecule has 0 fully saturated rings. The molecule has 0 spiro atoms. The average Bonchev–Trinajstić information content (AvgIpc) is 2.85. The fourth-order valence-corrected chi connectivity index (χ4v) is 3.47. The van der Waals surface area contributed by atoms with Crippen LogP contribution in [0, 0.1) is 11.6 Å². The van der Waals surface area contributed by atoms with Gasteiger partial charge in [-0.1, -0.05) is 42.5 Å². The third-order valence-electron chi connectivity index (χ3n) is 5.24. The summed E-state index contributed by atoms with van der Waals surface area (Å²) in [4.78, 5) is 37.4. The second-order valence-electron chi connectivity index (χ2n) is 8.06. The highest BCUT2D eigenvalue weighted by molar-refractivity contribution is 5.97. The highest BCUT2D eigenvalue weighted by atomic mass is 19.1. The fourth-order valence-electron chi connectivity index (χ4n) is 3.47. The van der Waals surface area contributed by atoms with Crippen molar-refractivity contribution >= 4 is 17.8 Å². The molecule has 6 nitrogen and oxygen atoms in total. The molecule has 0 heterocycles. The Morgan fingerprint density at radius 3 is 1.86 bits per heavy atom. The number of esters is 1. The maximum atomic E-state index is 13.4. The van der Waals surface area contributed by atoms with Gasteiger partial charge in [0.05, 0.1) is 6.04 Å². The number of ether oxygens (including phenoxy) is 1. The zero-order valence-electron chi connectivity index (χ0n) is 19.2. The average molecular weight is 481 g/mol. The summed E-state index contributed by atoms with van der Waals surface area (Å²) >= 11 is 0. The van der Waals surface area contributed by atoms with Gasteiger partial charge in [0.2, 0.25) is 5.91 Å². The van der Waals surface area contributed by atoms with E-state index in [1.54, 1.807) is 54.6 Å². The maximum Gasteiger partial charge on any atom is 0.302 e. The molecule has 3 rings (SSSR count). The van der Waals surface area contributed by atoms with Gasteiger partial charge in [-0.2, -0.15) is 0 Å². The first-order valence-corrected chi connectivity index (χ1v) is 11.1. The van der Waals surface area contributed by atoms with Gasteiger partial charge in [0.15, 0.2) is 0 Å². The molecule has 0 bridgehead atoms. The van der Waals surface area contributed by atoms with Gasteiger partial charge in [-0.05, 0) is 53.9 Å². The first kappa shape index (κ1) is 25.6. The number of hydrogen-bond donors (Lipinski definition) is 2. The summed E-state index contributed by atoms with van der Waals surface area (Å²) in [6.07, 6.45) is 0.386. The Balaban J connectivity index is 1.78. The Bertz CT molecular complexity index is 1140. The van der Waals surface area contributed by atoms with Crippen molar-refractivity contribution in [1.29, 1.82) is 0 Å². The highest BCUT2D eigenvalue weighted by Crippen LogP contribution is 2.10. The molecule has 2 N–H and O–H groups in total. The lowest BCUT2D eigenvalue weighted by atomic mass is 10.0. The number of hydrogen-bond acceptors (Lipinski definition) is 4. The summed E-state index contributed by atoms with van der Waals surface area (Å²) in [5.41, 5.74) is 1.76. The molecule has 2 amide bonds. The predicted octanol–water partition coefficient (Wildman–Crippen LogP) is 3.60. The van der Waals surface area contributed by atoms with Gasteiger partial charge in [-0.3, -0.25) is 14.4 Å². The number of carbonyl (C=O) groups excluding carboxylic acids is 3. The van der Waals surface area contributed by atoms with E-state index in [2.05, 4.69) is 10.6 Å². The van der Waals surface area contributed by atoms with Crippen LogP contribution in [0.25, 0.3) is 0 Å². The van der Waals surface area contributed by atoms with Crippen molar-refractivity contribution in [2.75, 3.05) is 6.61 Å². The minimum absolute atomic E-state index is 0.103. The van der Waals surface area contributed by atoms with E-state index in [9.17, 15) is 23.2 Å². The normalized spacial score (nSPS) is 12.3. The van der Waals surface area contributed by atoms with Crippen LogP contribution in [0.4, 0.5) is 8.78 Å². The zero-order chi connectivity index (χ0) is 25.2. The molecule has 0 radical (unpaired) electrons. The number of halogens is 2. The molecule has 182 valence electrons. The van der Waals surface area contributed by atoms with Crippen molar-refractivity contribution in [1.82, 2.24) is 10.6 Å². The molecule has 35 heavy (non-hydrogen) atoms. The van der Waals surface area contributed by atoms with Crippen molar-refractivity contribution in [3.63, 3.8) is 0 Å². The van der Waals surface area contributed by atoms with Gasteiger partial charge in [-0.15, -0.1) is 0 Å². The van der Waals surface area contributed by atoms with Gasteiger partial charge >= 0.3 is 5.97 Å². The van der Waals surface area contributed by atoms with E-state index in [1.807, 2.05) is 0 Å². The smallest absolute Gasteiger partial charge is 0.302 e. The van der Waals surface area contributed by atoms with Crippen molar-refractivity contribution in [2.45, 2.75) is 31.8 Å². The Morgan fingerprint density at radius 2 is 1.31 bits per heavy atom. The minimum atomic E-state index is -0.985. The van der Waals surface area contributed by atoms with Gasteiger partial charge in [0.25, 0.3) is 5.91 Å². The van der Waals surface area contributed by atoms with Crippen LogP contribution in [0.1, 0.15) is 28.4 Å². The van der Waals surface area contributed by atoms with Gasteiger partial charge in [0, 0.05) is 18.9 Å². The van der Waals surface area contributed by atoms with Crippen LogP contribution in [0.15, 0.2) is 78.9 Å². The molecule has 0 saturated heterocycles. The van der Waals surface area contributed by atoms with Gasteiger partial charge < -0.3 is 15.4 Å². The highest BCUT2D eigenvalue weighted by Gasteiger charge is 2.25. The summed E-state index contributed by atoms with van der Waals surface area (Å²) in [7, 11) is 0. The Labute approximate surface area is 202 Å². The molecule has 0 saturated carbocycles. The lowest BCUT2D eigenvalue weighted by molar-refractivity contribution is -0.142. The van der Waals surface area contributed by atoms with E-state index in [-0.39, 0.29) is 19.4 Å². The van der Waals surface area contributed by atoms with E-state index in [4.69, 9.17) is 4.74 Å². The number of benzene rings is 3. The van der Waals surface area contributed by atoms with Crippen molar-refractivity contribution < 1.29 is 27.9 Å². The standard InChI is InChI=1S/C27H26F2N2O4/c1-18(32)35-17-24(15-19-7-11-22(28)12-8-19)30-27(34)25(16-20-9-13-23(29)14-10-20)31-26(33)21-5-3-2-4-6-21/h2-14,24-25H,15-17H2,1H3,(H,30,34)(H,31,33)/t24-,25-/m0/s1. The third kappa shape index (κ3) is 8.33. The van der Waals surface area contributed by atoms with Crippen LogP contribution in [-0.4, -0.2) is 36.5 Å². The molecule has 2 atom stereocenters. The molecular weight excluding hydrogens is 454 g/mol. The fraction of sp³-hybridized carbons (Fsp3) is 0.222. The molecule has 0 aromatic heterocycles. The molecule has 3 aromatic rings. The van der Waals surface area contributed by atoms with Crippen LogP contribution < -0.4 is 10.6 Å². The van der Waals surface area contributed by atoms with Crippen LogP contribution in [0.5, 0.6) is 0 Å². The monoisotopic (exact) mass is 480 g/mol. The van der Waals surface area contributed by atoms with E-state index in [0.29, 0.717) is 11.1 Å². The summed E-state index contributed by atoms with van der Waals surface area (Å²) in [6, 6.07) is 18.2. The summed E-state index contributed by atoms with van der Waals surface area (Å²) in [5, 5.41) is 5.56. The molecule has 3 aromatic carbocycles. The predicted molar refractivity (Wildman–Crippen MR) is 126 cm³/mol. The number of carbonyl (C=O) groups is 3. The summed E-state index contributed by atoms with van der Waals surface area (Å²) in [5.74, 6) is -2.26. The second kappa shape index (κ2) is 12.4. The molecule has 0 aliphatic rings. The lowest BCUT2D eigenvalue weighted by Crippen LogP contribution is -2.52. The maximum absolute atomic E-state index is 13.4. The number of amides is 2. The zero-order valence-corrected chi connectivity index (χ0v) is 19.2. The molecule has 0 aliphatic heterocycles. The third-order valence-corrected chi connectivity index (χ3v) is 5.24. The van der Waals surface area contributed by atoms with Crippen LogP contribution in [-0.2, 0) is 27.2 Å². The van der Waals surface area contributed by atoms with E-state index in [1.165, 1.54) is 31.2 Å². The van der Waals surface area contributed by atoms with Crippen molar-refractivity contribution in [3.8, 4) is 0 Å². The Hall–Kier alpha value is -4.07. The van der Waals surface area contributed by atoms with Crippen LogP contribution in [0.3, 0.4) is 0 Å². The SMILES string of the molecule is CC(=O)OC[C@H](Cc1ccc(F)cc1)NC(=O)[C@H](Cc1ccc(F)cc1)NC(=O)c1ccccc1. The number of rotatable bonds is 10. The van der Waals surface area contributed by atoms with E-state index >= 15 is 0 Å². The van der Waals surface area contributed by atoms with Gasteiger partial charge in [0.1, 0.15) is 24.3 Å². The largest absolute Gasteiger partial charge is 0.464 e. The van der Waals surface area contributed by atoms with Crippen molar-refractivity contribution in [3.05, 3.63) is 107 Å². The lowest BCUT2D eigenvalue weighted by Gasteiger charge is -2.24. The van der Waals surface area contributed by atoms with Crippen LogP contribution >= 0.6 is 0 Å². The summed E-state index contributed by atoms with van der Waals surface area (Å²) in [6.45, 7) is 1.16. The van der Waals surface area contributed by atoms with E-state index < -0.39 is 41.5 Å². The second-order valence-corrected chi connectivity index (χ2v) is 8.06. The van der Waals surface area contributed by atoms with Crippen LogP contribution in [0.2, 0.25) is 0 Å². The topological polar surface area (TPSA) is 84.5 Å². The Morgan fingerprint density at radius 1 is 0.771 bits per heavy atom.